The number of hydrogen-bond acceptors (Lipinski definition) is 4. The molecule has 0 fully saturated rings. The number of aryl methyl sites for hydroxylation is 1. The van der Waals surface area contributed by atoms with Crippen LogP contribution in [-0.2, 0) is 20.8 Å². The zero-order valence-electron chi connectivity index (χ0n) is 12.4. The van der Waals surface area contributed by atoms with Crippen molar-refractivity contribution in [3.63, 3.8) is 0 Å². The molecule has 1 rings (SSSR count). The molecule has 0 atom stereocenters. The van der Waals surface area contributed by atoms with Gasteiger partial charge in [0.15, 0.2) is 0 Å². The van der Waals surface area contributed by atoms with Gasteiger partial charge >= 0.3 is 0 Å². The van der Waals surface area contributed by atoms with E-state index in [9.17, 15) is 13.2 Å². The molecule has 8 heteroatoms. The summed E-state index contributed by atoms with van der Waals surface area (Å²) in [5.74, 6) is 0.145. The zero-order valence-corrected chi connectivity index (χ0v) is 14.0. The van der Waals surface area contributed by atoms with Crippen LogP contribution in [0.15, 0.2) is 17.2 Å². The fourth-order valence-electron chi connectivity index (χ4n) is 1.68. The van der Waals surface area contributed by atoms with E-state index >= 15 is 0 Å². The molecule has 1 N–H and O–H groups in total. The number of carbonyl (C=O) groups is 1. The van der Waals surface area contributed by atoms with Crippen LogP contribution in [0.25, 0.3) is 0 Å². The van der Waals surface area contributed by atoms with Gasteiger partial charge in [-0.1, -0.05) is 13.8 Å². The van der Waals surface area contributed by atoms with Crippen molar-refractivity contribution in [3.8, 4) is 0 Å². The van der Waals surface area contributed by atoms with E-state index in [-0.39, 0.29) is 16.5 Å². The Balaban J connectivity index is 2.44. The van der Waals surface area contributed by atoms with E-state index in [0.29, 0.717) is 32.1 Å². The molecule has 0 aliphatic heterocycles. The van der Waals surface area contributed by atoms with Crippen LogP contribution in [0.4, 0.5) is 0 Å². The number of aromatic nitrogens is 1. The first-order chi connectivity index (χ1) is 9.71. The van der Waals surface area contributed by atoms with Gasteiger partial charge in [0.25, 0.3) is 15.0 Å². The fraction of sp³-hybridized carbons (Fsp3) is 0.615. The third kappa shape index (κ3) is 6.07. The average Bonchev–Trinajstić information content (AvgIpc) is 2.75. The Bertz CT molecular complexity index is 581. The summed E-state index contributed by atoms with van der Waals surface area (Å²) in [5, 5.41) is 2.72. The number of carbonyl (C=O) groups excluding carboxylic acids is 1. The predicted octanol–water partition coefficient (Wildman–Crippen LogP) is 1.75. The number of nitrogens with zero attached hydrogens (tertiary/aromatic N) is 1. The minimum Gasteiger partial charge on any atom is -0.381 e. The minimum atomic E-state index is -3.83. The van der Waals surface area contributed by atoms with Gasteiger partial charge in [0.1, 0.15) is 10.6 Å². The Kier molecular flexibility index (Phi) is 6.70. The summed E-state index contributed by atoms with van der Waals surface area (Å²) in [6, 6.07) is 1.26. The van der Waals surface area contributed by atoms with Crippen LogP contribution in [0.5, 0.6) is 0 Å². The number of rotatable bonds is 8. The molecule has 0 saturated carbocycles. The Morgan fingerprint density at radius 1 is 1.48 bits per heavy atom. The molecule has 0 unspecified atom stereocenters. The average molecular weight is 337 g/mol. The van der Waals surface area contributed by atoms with Crippen molar-refractivity contribution < 1.29 is 17.9 Å². The molecule has 21 heavy (non-hydrogen) atoms. The molecule has 1 heterocycles. The van der Waals surface area contributed by atoms with Crippen LogP contribution >= 0.6 is 10.7 Å². The summed E-state index contributed by atoms with van der Waals surface area (Å²) in [6.45, 7) is 5.88. The second-order valence-corrected chi connectivity index (χ2v) is 7.75. The van der Waals surface area contributed by atoms with Gasteiger partial charge in [-0.05, 0) is 18.4 Å². The maximum absolute atomic E-state index is 11.9. The van der Waals surface area contributed by atoms with E-state index < -0.39 is 9.05 Å². The number of nitrogens with one attached hydrogen (secondary N) is 1. The lowest BCUT2D eigenvalue weighted by molar-refractivity contribution is 0.0918. The van der Waals surface area contributed by atoms with Crippen LogP contribution in [0.3, 0.4) is 0 Å². The van der Waals surface area contributed by atoms with E-state index in [4.69, 9.17) is 15.4 Å². The highest BCUT2D eigenvalue weighted by atomic mass is 35.7. The maximum atomic E-state index is 11.9. The summed E-state index contributed by atoms with van der Waals surface area (Å²) in [6.07, 6.45) is 2.01. The van der Waals surface area contributed by atoms with Crippen molar-refractivity contribution in [3.05, 3.63) is 18.0 Å². The van der Waals surface area contributed by atoms with Crippen LogP contribution in [0, 0.1) is 5.92 Å². The first kappa shape index (κ1) is 18.0. The summed E-state index contributed by atoms with van der Waals surface area (Å²) in [5.41, 5.74) is 0.248. The quantitative estimate of drug-likeness (QED) is 0.579. The van der Waals surface area contributed by atoms with Gasteiger partial charge in [-0.15, -0.1) is 0 Å². The molecule has 0 saturated heterocycles. The number of hydrogen-bond donors (Lipinski definition) is 1. The Morgan fingerprint density at radius 2 is 2.14 bits per heavy atom. The Morgan fingerprint density at radius 3 is 2.67 bits per heavy atom. The highest BCUT2D eigenvalue weighted by Crippen LogP contribution is 2.17. The van der Waals surface area contributed by atoms with Gasteiger partial charge in [0.2, 0.25) is 0 Å². The highest BCUT2D eigenvalue weighted by Gasteiger charge is 2.18. The Hall–Kier alpha value is -1.05. The van der Waals surface area contributed by atoms with Gasteiger partial charge in [-0.2, -0.15) is 0 Å². The lowest BCUT2D eigenvalue weighted by Crippen LogP contribution is -2.27. The summed E-state index contributed by atoms with van der Waals surface area (Å²) in [7, 11) is 3.01. The number of amides is 1. The molecule has 0 aliphatic carbocycles. The van der Waals surface area contributed by atoms with Crippen molar-refractivity contribution in [1.29, 1.82) is 0 Å². The van der Waals surface area contributed by atoms with Gasteiger partial charge in [0, 0.05) is 43.7 Å². The lowest BCUT2D eigenvalue weighted by Gasteiger charge is -2.08. The van der Waals surface area contributed by atoms with Crippen molar-refractivity contribution in [2.24, 2.45) is 13.0 Å². The van der Waals surface area contributed by atoms with Crippen molar-refractivity contribution in [2.45, 2.75) is 25.2 Å². The SMILES string of the molecule is CC(C)COCCCNC(=O)c1cc(S(=O)(=O)Cl)cn1C. The molecule has 1 aromatic heterocycles. The molecule has 1 amide bonds. The second-order valence-electron chi connectivity index (χ2n) is 5.19. The third-order valence-electron chi connectivity index (χ3n) is 2.70. The molecule has 0 bridgehead atoms. The second kappa shape index (κ2) is 7.82. The fourth-order valence-corrected chi connectivity index (χ4v) is 2.47. The van der Waals surface area contributed by atoms with Crippen LogP contribution < -0.4 is 5.32 Å². The van der Waals surface area contributed by atoms with Gasteiger partial charge in [0.05, 0.1) is 0 Å². The smallest absolute Gasteiger partial charge is 0.267 e. The van der Waals surface area contributed by atoms with Crippen LogP contribution in [0.1, 0.15) is 30.8 Å². The van der Waals surface area contributed by atoms with E-state index in [1.165, 1.54) is 16.8 Å². The molecule has 1 aromatic rings. The molecule has 0 aliphatic rings. The number of halogens is 1. The maximum Gasteiger partial charge on any atom is 0.267 e. The largest absolute Gasteiger partial charge is 0.381 e. The molecular formula is C13H21ClN2O4S. The number of ether oxygens (including phenoxy) is 1. The molecule has 0 aromatic carbocycles. The van der Waals surface area contributed by atoms with E-state index in [0.717, 1.165) is 0 Å². The highest BCUT2D eigenvalue weighted by molar-refractivity contribution is 8.13. The molecular weight excluding hydrogens is 316 g/mol. The third-order valence-corrected chi connectivity index (χ3v) is 4.02. The van der Waals surface area contributed by atoms with Gasteiger partial charge < -0.3 is 14.6 Å². The first-order valence-electron chi connectivity index (χ1n) is 6.68. The van der Waals surface area contributed by atoms with E-state index in [1.807, 2.05) is 0 Å². The van der Waals surface area contributed by atoms with E-state index in [2.05, 4.69) is 19.2 Å². The summed E-state index contributed by atoms with van der Waals surface area (Å²) in [4.78, 5) is 11.9. The van der Waals surface area contributed by atoms with Crippen LogP contribution in [-0.4, -0.2) is 38.7 Å². The van der Waals surface area contributed by atoms with Crippen molar-refractivity contribution in [2.75, 3.05) is 19.8 Å². The molecule has 6 nitrogen and oxygen atoms in total. The topological polar surface area (TPSA) is 77.4 Å². The van der Waals surface area contributed by atoms with Gasteiger partial charge in [-0.25, -0.2) is 8.42 Å². The van der Waals surface area contributed by atoms with Gasteiger partial charge in [-0.3, -0.25) is 4.79 Å². The van der Waals surface area contributed by atoms with E-state index in [1.54, 1.807) is 7.05 Å². The predicted molar refractivity (Wildman–Crippen MR) is 81.1 cm³/mol. The standard InChI is InChI=1S/C13H21ClN2O4S/c1-10(2)9-20-6-4-5-15-13(17)12-7-11(8-16(12)3)21(14,18)19/h7-8,10H,4-6,9H2,1-3H3,(H,15,17). The monoisotopic (exact) mass is 336 g/mol. The summed E-state index contributed by atoms with van der Waals surface area (Å²) >= 11 is 0. The molecule has 0 spiro atoms. The normalized spacial score (nSPS) is 11.9. The zero-order chi connectivity index (χ0) is 16.0. The Labute approximate surface area is 129 Å². The van der Waals surface area contributed by atoms with Crippen molar-refractivity contribution >= 4 is 25.6 Å². The lowest BCUT2D eigenvalue weighted by atomic mass is 10.2. The molecule has 120 valence electrons. The van der Waals surface area contributed by atoms with Crippen molar-refractivity contribution in [1.82, 2.24) is 9.88 Å². The molecule has 0 radical (unpaired) electrons. The first-order valence-corrected chi connectivity index (χ1v) is 8.99. The minimum absolute atomic E-state index is 0.0860. The summed E-state index contributed by atoms with van der Waals surface area (Å²) < 4.78 is 29.3. The van der Waals surface area contributed by atoms with Crippen LogP contribution in [0.2, 0.25) is 0 Å².